The van der Waals surface area contributed by atoms with Gasteiger partial charge in [-0.2, -0.15) is 0 Å². The van der Waals surface area contributed by atoms with Crippen LogP contribution in [0.25, 0.3) is 0 Å². The quantitative estimate of drug-likeness (QED) is 0.701. The smallest absolute Gasteiger partial charge is 0.323 e. The molecule has 0 fully saturated rings. The van der Waals surface area contributed by atoms with Crippen LogP contribution in [-0.2, 0) is 14.3 Å². The van der Waals surface area contributed by atoms with Crippen LogP contribution >= 0.6 is 0 Å². The van der Waals surface area contributed by atoms with Gasteiger partial charge in [0.1, 0.15) is 6.54 Å². The van der Waals surface area contributed by atoms with E-state index < -0.39 is 5.97 Å². The summed E-state index contributed by atoms with van der Waals surface area (Å²) < 4.78 is 5.48. The van der Waals surface area contributed by atoms with Crippen LogP contribution in [0.1, 0.15) is 33.6 Å². The van der Waals surface area contributed by atoms with Crippen molar-refractivity contribution < 1.29 is 19.4 Å². The molecule has 0 saturated carbocycles. The number of carbonyl (C=O) groups is 2. The number of hydrogen-bond donors (Lipinski definition) is 1. The lowest BCUT2D eigenvalue weighted by molar-refractivity contribution is -0.144. The molecule has 0 heterocycles. The van der Waals surface area contributed by atoms with E-state index in [0.717, 1.165) is 6.42 Å². The van der Waals surface area contributed by atoms with Crippen molar-refractivity contribution >= 4 is 11.9 Å². The molecule has 1 unspecified atom stereocenters. The summed E-state index contributed by atoms with van der Waals surface area (Å²) in [6.45, 7) is 6.29. The summed E-state index contributed by atoms with van der Waals surface area (Å²) in [5.74, 6) is -0.644. The van der Waals surface area contributed by atoms with Gasteiger partial charge in [-0.15, -0.1) is 0 Å². The minimum atomic E-state index is -1.00. The minimum absolute atomic E-state index is 0.132. The Morgan fingerprint density at radius 2 is 1.88 bits per heavy atom. The Morgan fingerprint density at radius 3 is 2.35 bits per heavy atom. The van der Waals surface area contributed by atoms with E-state index in [1.807, 2.05) is 6.92 Å². The average Bonchev–Trinajstić information content (AvgIpc) is 2.14. The Balaban J connectivity index is 3.73. The maximum absolute atomic E-state index is 11.5. The predicted molar refractivity (Wildman–Crippen MR) is 64.8 cm³/mol. The Bertz CT molecular complexity index is 253. The van der Waals surface area contributed by atoms with Crippen LogP contribution < -0.4 is 0 Å². The molecule has 0 radical (unpaired) electrons. The number of hydrogen-bond acceptors (Lipinski definition) is 3. The number of carboxylic acids is 1. The van der Waals surface area contributed by atoms with Crippen LogP contribution in [0, 0.1) is 5.92 Å². The number of likely N-dealkylation sites (N-methyl/N-ethyl adjacent to an activating group) is 1. The Labute approximate surface area is 103 Å². The number of carboxylic acid groups (broad SMARTS) is 1. The van der Waals surface area contributed by atoms with Crippen LogP contribution in [0.2, 0.25) is 0 Å². The zero-order valence-corrected chi connectivity index (χ0v) is 11.1. The fourth-order valence-corrected chi connectivity index (χ4v) is 1.56. The highest BCUT2D eigenvalue weighted by Gasteiger charge is 2.12. The summed E-state index contributed by atoms with van der Waals surface area (Å²) in [7, 11) is 1.48. The van der Waals surface area contributed by atoms with E-state index in [9.17, 15) is 9.59 Å². The molecule has 100 valence electrons. The van der Waals surface area contributed by atoms with E-state index in [4.69, 9.17) is 9.84 Å². The van der Waals surface area contributed by atoms with E-state index in [0.29, 0.717) is 12.5 Å². The number of nitrogens with zero attached hydrogens (tertiary/aromatic N) is 1. The number of carbonyl (C=O) groups excluding carboxylic acids is 1. The number of aliphatic carboxylic acids is 1. The van der Waals surface area contributed by atoms with Gasteiger partial charge in [-0.1, -0.05) is 13.8 Å². The molecule has 5 nitrogen and oxygen atoms in total. The summed E-state index contributed by atoms with van der Waals surface area (Å²) in [6, 6.07) is 0. The first-order valence-corrected chi connectivity index (χ1v) is 5.90. The highest BCUT2D eigenvalue weighted by atomic mass is 16.5. The zero-order valence-electron chi connectivity index (χ0n) is 11.1. The maximum Gasteiger partial charge on any atom is 0.323 e. The van der Waals surface area contributed by atoms with Gasteiger partial charge in [-0.25, -0.2) is 0 Å². The molecule has 0 aromatic heterocycles. The second-order valence-electron chi connectivity index (χ2n) is 4.70. The van der Waals surface area contributed by atoms with E-state index in [1.165, 1.54) is 11.9 Å². The molecule has 17 heavy (non-hydrogen) atoms. The van der Waals surface area contributed by atoms with Crippen molar-refractivity contribution in [3.63, 3.8) is 0 Å². The number of amides is 1. The largest absolute Gasteiger partial charge is 0.480 e. The lowest BCUT2D eigenvalue weighted by Gasteiger charge is -2.17. The average molecular weight is 245 g/mol. The monoisotopic (exact) mass is 245 g/mol. The second-order valence-corrected chi connectivity index (χ2v) is 4.70. The summed E-state index contributed by atoms with van der Waals surface area (Å²) in [5, 5.41) is 8.52. The van der Waals surface area contributed by atoms with Gasteiger partial charge >= 0.3 is 5.97 Å². The molecule has 1 atom stereocenters. The van der Waals surface area contributed by atoms with E-state index in [-0.39, 0.29) is 25.0 Å². The van der Waals surface area contributed by atoms with Gasteiger partial charge in [0.15, 0.2) is 0 Å². The van der Waals surface area contributed by atoms with E-state index in [1.54, 1.807) is 0 Å². The molecular weight excluding hydrogens is 222 g/mol. The Kier molecular flexibility index (Phi) is 7.54. The Morgan fingerprint density at radius 1 is 1.29 bits per heavy atom. The molecule has 1 N–H and O–H groups in total. The fraction of sp³-hybridized carbons (Fsp3) is 0.833. The van der Waals surface area contributed by atoms with Crippen molar-refractivity contribution in [3.8, 4) is 0 Å². The van der Waals surface area contributed by atoms with Crippen molar-refractivity contribution in [2.75, 3.05) is 20.2 Å². The molecule has 1 amide bonds. The van der Waals surface area contributed by atoms with Crippen LogP contribution in [0.4, 0.5) is 0 Å². The molecule has 0 aliphatic carbocycles. The van der Waals surface area contributed by atoms with Crippen molar-refractivity contribution in [2.24, 2.45) is 5.92 Å². The minimum Gasteiger partial charge on any atom is -0.480 e. The molecule has 0 saturated heterocycles. The summed E-state index contributed by atoms with van der Waals surface area (Å²) in [4.78, 5) is 23.1. The first-order chi connectivity index (χ1) is 7.82. The topological polar surface area (TPSA) is 66.8 Å². The lowest BCUT2D eigenvalue weighted by Crippen LogP contribution is -2.32. The van der Waals surface area contributed by atoms with Gasteiger partial charge in [0, 0.05) is 7.05 Å². The van der Waals surface area contributed by atoms with Crippen molar-refractivity contribution in [2.45, 2.75) is 39.7 Å². The molecule has 0 aromatic rings. The highest BCUT2D eigenvalue weighted by Crippen LogP contribution is 2.07. The first-order valence-electron chi connectivity index (χ1n) is 5.90. The third-order valence-electron chi connectivity index (χ3n) is 2.32. The van der Waals surface area contributed by atoms with Gasteiger partial charge in [0.2, 0.25) is 5.91 Å². The molecule has 0 rings (SSSR count). The predicted octanol–water partition coefficient (Wildman–Crippen LogP) is 1.37. The highest BCUT2D eigenvalue weighted by molar-refractivity contribution is 5.81. The molecule has 0 aliphatic rings. The fourth-order valence-electron chi connectivity index (χ4n) is 1.56. The van der Waals surface area contributed by atoms with E-state index in [2.05, 4.69) is 13.8 Å². The zero-order chi connectivity index (χ0) is 13.4. The standard InChI is InChI=1S/C12H23NO4/c1-9(2)7-10(3)17-6-5-11(14)13(4)8-12(15)16/h9-10H,5-8H2,1-4H3,(H,15,16). The summed E-state index contributed by atoms with van der Waals surface area (Å²) in [6.07, 6.45) is 1.32. The van der Waals surface area contributed by atoms with Crippen LogP contribution in [0.15, 0.2) is 0 Å². The van der Waals surface area contributed by atoms with Gasteiger partial charge in [0.05, 0.1) is 19.1 Å². The second kappa shape index (κ2) is 8.06. The lowest BCUT2D eigenvalue weighted by atomic mass is 10.1. The van der Waals surface area contributed by atoms with Crippen molar-refractivity contribution in [1.82, 2.24) is 4.90 Å². The third-order valence-corrected chi connectivity index (χ3v) is 2.32. The Hall–Kier alpha value is -1.10. The summed E-state index contributed by atoms with van der Waals surface area (Å²) in [5.41, 5.74) is 0. The van der Waals surface area contributed by atoms with E-state index >= 15 is 0 Å². The molecule has 0 aliphatic heterocycles. The number of ether oxygens (including phenoxy) is 1. The van der Waals surface area contributed by atoms with Gasteiger partial charge in [-0.05, 0) is 19.3 Å². The molecular formula is C12H23NO4. The van der Waals surface area contributed by atoms with Crippen molar-refractivity contribution in [1.29, 1.82) is 0 Å². The van der Waals surface area contributed by atoms with Gasteiger partial charge in [-0.3, -0.25) is 9.59 Å². The molecule has 0 aromatic carbocycles. The third kappa shape index (κ3) is 8.68. The molecule has 0 bridgehead atoms. The van der Waals surface area contributed by atoms with Crippen LogP contribution in [0.3, 0.4) is 0 Å². The summed E-state index contributed by atoms with van der Waals surface area (Å²) >= 11 is 0. The van der Waals surface area contributed by atoms with Gasteiger partial charge in [0.25, 0.3) is 0 Å². The van der Waals surface area contributed by atoms with Crippen molar-refractivity contribution in [3.05, 3.63) is 0 Å². The molecule has 5 heteroatoms. The SMILES string of the molecule is CC(C)CC(C)OCCC(=O)N(C)CC(=O)O. The van der Waals surface area contributed by atoms with Crippen LogP contribution in [-0.4, -0.2) is 48.2 Å². The van der Waals surface area contributed by atoms with Gasteiger partial charge < -0.3 is 14.7 Å². The normalized spacial score (nSPS) is 12.5. The maximum atomic E-state index is 11.5. The molecule has 0 spiro atoms. The van der Waals surface area contributed by atoms with Crippen LogP contribution in [0.5, 0.6) is 0 Å². The number of rotatable bonds is 8. The first kappa shape index (κ1) is 15.9.